The van der Waals surface area contributed by atoms with Crippen molar-refractivity contribution in [3.63, 3.8) is 0 Å². The van der Waals surface area contributed by atoms with Gasteiger partial charge < -0.3 is 15.8 Å². The van der Waals surface area contributed by atoms with E-state index in [1.807, 2.05) is 0 Å². The van der Waals surface area contributed by atoms with E-state index >= 15 is 0 Å². The first kappa shape index (κ1) is 10.9. The first-order chi connectivity index (χ1) is 6.32. The molecule has 0 atom stereocenters. The maximum atomic E-state index is 12.2. The number of benzene rings is 1. The summed E-state index contributed by atoms with van der Waals surface area (Å²) in [5.41, 5.74) is 3.52. The fourth-order valence-electron chi connectivity index (χ4n) is 1.000. The van der Waals surface area contributed by atoms with E-state index in [2.05, 4.69) is 0 Å². The van der Waals surface area contributed by atoms with E-state index in [1.54, 1.807) is 0 Å². The first-order valence-electron chi connectivity index (χ1n) is 3.65. The third kappa shape index (κ3) is 2.18. The van der Waals surface area contributed by atoms with E-state index in [-0.39, 0.29) is 5.46 Å². The van der Waals surface area contributed by atoms with Crippen molar-refractivity contribution in [3.8, 4) is 0 Å². The lowest BCUT2D eigenvalue weighted by Gasteiger charge is -2.10. The molecular formula is C7H7BF3NO2. The highest BCUT2D eigenvalue weighted by Crippen LogP contribution is 2.32. The van der Waals surface area contributed by atoms with Gasteiger partial charge in [0.2, 0.25) is 0 Å². The van der Waals surface area contributed by atoms with Gasteiger partial charge >= 0.3 is 13.3 Å². The van der Waals surface area contributed by atoms with Gasteiger partial charge in [0.25, 0.3) is 0 Å². The van der Waals surface area contributed by atoms with Gasteiger partial charge in [-0.25, -0.2) is 0 Å². The molecule has 4 N–H and O–H groups in total. The Morgan fingerprint density at radius 2 is 1.79 bits per heavy atom. The predicted molar refractivity (Wildman–Crippen MR) is 45.7 cm³/mol. The van der Waals surface area contributed by atoms with Crippen molar-refractivity contribution in [2.24, 2.45) is 0 Å². The molecule has 1 aromatic carbocycles. The molecule has 1 rings (SSSR count). The van der Waals surface area contributed by atoms with E-state index in [0.717, 1.165) is 12.1 Å². The minimum atomic E-state index is -4.52. The van der Waals surface area contributed by atoms with Crippen molar-refractivity contribution in [2.75, 3.05) is 5.73 Å². The summed E-state index contributed by atoms with van der Waals surface area (Å²) in [7, 11) is -1.82. The van der Waals surface area contributed by atoms with Gasteiger partial charge in [0.1, 0.15) is 0 Å². The Balaban J connectivity index is 3.15. The highest BCUT2D eigenvalue weighted by molar-refractivity contribution is 6.58. The van der Waals surface area contributed by atoms with Crippen LogP contribution in [0.25, 0.3) is 0 Å². The monoisotopic (exact) mass is 205 g/mol. The smallest absolute Gasteiger partial charge is 0.423 e. The normalized spacial score (nSPS) is 11.5. The molecule has 0 heterocycles. The summed E-state index contributed by atoms with van der Waals surface area (Å²) in [6.45, 7) is 0. The Bertz CT molecular complexity index is 340. The second-order valence-corrected chi connectivity index (χ2v) is 2.72. The van der Waals surface area contributed by atoms with Crippen LogP contribution in [0.15, 0.2) is 18.2 Å². The average molecular weight is 205 g/mol. The number of anilines is 1. The summed E-state index contributed by atoms with van der Waals surface area (Å²) in [5.74, 6) is 0. The first-order valence-corrected chi connectivity index (χ1v) is 3.65. The van der Waals surface area contributed by atoms with Crippen LogP contribution in [-0.4, -0.2) is 17.2 Å². The SMILES string of the molecule is Nc1cc(B(O)O)ccc1C(F)(F)F. The number of hydrogen-bond acceptors (Lipinski definition) is 3. The molecule has 0 saturated carbocycles. The molecule has 0 radical (unpaired) electrons. The lowest BCUT2D eigenvalue weighted by atomic mass is 9.79. The van der Waals surface area contributed by atoms with Crippen molar-refractivity contribution in [3.05, 3.63) is 23.8 Å². The summed E-state index contributed by atoms with van der Waals surface area (Å²) >= 11 is 0. The van der Waals surface area contributed by atoms with Crippen molar-refractivity contribution in [1.82, 2.24) is 0 Å². The fraction of sp³-hybridized carbons (Fsp3) is 0.143. The molecule has 0 spiro atoms. The third-order valence-electron chi connectivity index (χ3n) is 1.68. The molecule has 0 unspecified atom stereocenters. The van der Waals surface area contributed by atoms with E-state index in [0.29, 0.717) is 6.07 Å². The maximum absolute atomic E-state index is 12.2. The number of halogens is 3. The summed E-state index contributed by atoms with van der Waals surface area (Å²) in [6, 6.07) is 2.56. The Labute approximate surface area is 78.1 Å². The second-order valence-electron chi connectivity index (χ2n) is 2.72. The topological polar surface area (TPSA) is 66.5 Å². The molecule has 76 valence electrons. The van der Waals surface area contributed by atoms with E-state index in [4.69, 9.17) is 15.8 Å². The van der Waals surface area contributed by atoms with E-state index < -0.39 is 24.5 Å². The maximum Gasteiger partial charge on any atom is 0.488 e. The van der Waals surface area contributed by atoms with Gasteiger partial charge in [-0.05, 0) is 17.6 Å². The van der Waals surface area contributed by atoms with Crippen LogP contribution in [0.3, 0.4) is 0 Å². The third-order valence-corrected chi connectivity index (χ3v) is 1.68. The molecule has 1 aromatic rings. The number of nitrogens with two attached hydrogens (primary N) is 1. The Kier molecular flexibility index (Phi) is 2.72. The molecule has 0 bridgehead atoms. The number of nitrogen functional groups attached to an aromatic ring is 1. The molecule has 7 heteroatoms. The molecule has 0 aromatic heterocycles. The van der Waals surface area contributed by atoms with Crippen LogP contribution in [0.1, 0.15) is 5.56 Å². The lowest BCUT2D eigenvalue weighted by molar-refractivity contribution is -0.136. The van der Waals surface area contributed by atoms with Gasteiger partial charge in [-0.3, -0.25) is 0 Å². The fourth-order valence-corrected chi connectivity index (χ4v) is 1.000. The largest absolute Gasteiger partial charge is 0.488 e. The zero-order chi connectivity index (χ0) is 10.9. The Morgan fingerprint density at radius 1 is 1.21 bits per heavy atom. The molecule has 14 heavy (non-hydrogen) atoms. The predicted octanol–water partition coefficient (Wildman–Crippen LogP) is -0.0326. The van der Waals surface area contributed by atoms with E-state index in [1.165, 1.54) is 0 Å². The lowest BCUT2D eigenvalue weighted by Crippen LogP contribution is -2.30. The zero-order valence-corrected chi connectivity index (χ0v) is 6.92. The van der Waals surface area contributed by atoms with Crippen molar-refractivity contribution < 1.29 is 23.2 Å². The van der Waals surface area contributed by atoms with Crippen molar-refractivity contribution in [2.45, 2.75) is 6.18 Å². The van der Waals surface area contributed by atoms with E-state index in [9.17, 15) is 13.2 Å². The van der Waals surface area contributed by atoms with Crippen LogP contribution < -0.4 is 11.2 Å². The van der Waals surface area contributed by atoms with Gasteiger partial charge in [-0.2, -0.15) is 13.2 Å². The highest BCUT2D eigenvalue weighted by Gasteiger charge is 2.33. The Hall–Kier alpha value is -1.21. The summed E-state index contributed by atoms with van der Waals surface area (Å²) < 4.78 is 36.5. The summed E-state index contributed by atoms with van der Waals surface area (Å²) in [6.07, 6.45) is -4.52. The minimum Gasteiger partial charge on any atom is -0.423 e. The van der Waals surface area contributed by atoms with Crippen molar-refractivity contribution in [1.29, 1.82) is 0 Å². The Morgan fingerprint density at radius 3 is 2.14 bits per heavy atom. The summed E-state index contributed by atoms with van der Waals surface area (Å²) in [5, 5.41) is 17.3. The number of alkyl halides is 3. The molecule has 0 amide bonds. The number of rotatable bonds is 1. The highest BCUT2D eigenvalue weighted by atomic mass is 19.4. The van der Waals surface area contributed by atoms with Crippen molar-refractivity contribution >= 4 is 18.3 Å². The van der Waals surface area contributed by atoms with Crippen LogP contribution in [0, 0.1) is 0 Å². The number of hydrogen-bond donors (Lipinski definition) is 3. The molecule has 3 nitrogen and oxygen atoms in total. The van der Waals surface area contributed by atoms with Gasteiger partial charge in [0.15, 0.2) is 0 Å². The van der Waals surface area contributed by atoms with Gasteiger partial charge in [0, 0.05) is 5.69 Å². The molecule has 0 aliphatic rings. The molecule has 0 aliphatic heterocycles. The molecule has 0 fully saturated rings. The quantitative estimate of drug-likeness (QED) is 0.445. The van der Waals surface area contributed by atoms with Gasteiger partial charge in [-0.15, -0.1) is 0 Å². The molecule has 0 saturated heterocycles. The standard InChI is InChI=1S/C7H7BF3NO2/c9-7(10,11)5-2-1-4(8(13)14)3-6(5)12/h1-3,13-14H,12H2. The zero-order valence-electron chi connectivity index (χ0n) is 6.92. The van der Waals surface area contributed by atoms with Crippen LogP contribution in [-0.2, 0) is 6.18 Å². The van der Waals surface area contributed by atoms with Crippen LogP contribution >= 0.6 is 0 Å². The van der Waals surface area contributed by atoms with Gasteiger partial charge in [-0.1, -0.05) is 6.07 Å². The molecular weight excluding hydrogens is 198 g/mol. The van der Waals surface area contributed by atoms with Crippen LogP contribution in [0.5, 0.6) is 0 Å². The van der Waals surface area contributed by atoms with Gasteiger partial charge in [0.05, 0.1) is 5.56 Å². The second kappa shape index (κ2) is 3.51. The van der Waals surface area contributed by atoms with Crippen LogP contribution in [0.4, 0.5) is 18.9 Å². The van der Waals surface area contributed by atoms with Crippen LogP contribution in [0.2, 0.25) is 0 Å². The molecule has 0 aliphatic carbocycles. The summed E-state index contributed by atoms with van der Waals surface area (Å²) in [4.78, 5) is 0. The average Bonchev–Trinajstić information content (AvgIpc) is 2.01. The minimum absolute atomic E-state index is 0.0736.